The summed E-state index contributed by atoms with van der Waals surface area (Å²) in [5, 5.41) is 3.62. The van der Waals surface area contributed by atoms with Crippen molar-refractivity contribution in [1.82, 2.24) is 15.1 Å². The fraction of sp³-hybridized carbons (Fsp3) is 0.944. The van der Waals surface area contributed by atoms with Gasteiger partial charge in [0.05, 0.1) is 0 Å². The smallest absolute Gasteiger partial charge is 0.410 e. The molecule has 0 aromatic carbocycles. The van der Waals surface area contributed by atoms with Gasteiger partial charge in [-0.25, -0.2) is 4.79 Å². The van der Waals surface area contributed by atoms with Gasteiger partial charge in [-0.15, -0.1) is 0 Å². The van der Waals surface area contributed by atoms with E-state index >= 15 is 0 Å². The predicted octanol–water partition coefficient (Wildman–Crippen LogP) is 3.10. The molecule has 23 heavy (non-hydrogen) atoms. The van der Waals surface area contributed by atoms with E-state index in [2.05, 4.69) is 37.9 Å². The van der Waals surface area contributed by atoms with Gasteiger partial charge in [-0.1, -0.05) is 6.92 Å². The molecule has 5 heteroatoms. The zero-order valence-electron chi connectivity index (χ0n) is 16.2. The average Bonchev–Trinajstić information content (AvgIpc) is 2.40. The molecule has 1 rings (SSSR count). The zero-order valence-corrected chi connectivity index (χ0v) is 16.2. The summed E-state index contributed by atoms with van der Waals surface area (Å²) in [6.45, 7) is 19.0. The monoisotopic (exact) mass is 327 g/mol. The van der Waals surface area contributed by atoms with Crippen LogP contribution in [0.25, 0.3) is 0 Å². The van der Waals surface area contributed by atoms with Gasteiger partial charge in [0.15, 0.2) is 0 Å². The molecule has 5 nitrogen and oxygen atoms in total. The second-order valence-corrected chi connectivity index (χ2v) is 8.49. The number of carbonyl (C=O) groups is 1. The van der Waals surface area contributed by atoms with Crippen LogP contribution in [-0.4, -0.2) is 65.8 Å². The number of piperidine rings is 1. The van der Waals surface area contributed by atoms with Gasteiger partial charge in [0, 0.05) is 31.2 Å². The molecular formula is C18H37N3O2. The van der Waals surface area contributed by atoms with Crippen LogP contribution in [0.1, 0.15) is 61.3 Å². The second-order valence-electron chi connectivity index (χ2n) is 8.49. The summed E-state index contributed by atoms with van der Waals surface area (Å²) in [5.74, 6) is 0. The third-order valence-corrected chi connectivity index (χ3v) is 4.14. The Labute approximate surface area is 142 Å². The average molecular weight is 328 g/mol. The van der Waals surface area contributed by atoms with E-state index in [1.165, 1.54) is 19.4 Å². The second kappa shape index (κ2) is 8.34. The van der Waals surface area contributed by atoms with Crippen molar-refractivity contribution in [3.63, 3.8) is 0 Å². The van der Waals surface area contributed by atoms with Crippen molar-refractivity contribution >= 4 is 6.09 Å². The number of nitrogens with one attached hydrogen (secondary N) is 1. The van der Waals surface area contributed by atoms with Crippen molar-refractivity contribution in [2.75, 3.05) is 32.7 Å². The van der Waals surface area contributed by atoms with E-state index in [4.69, 9.17) is 4.74 Å². The van der Waals surface area contributed by atoms with Crippen LogP contribution >= 0.6 is 0 Å². The van der Waals surface area contributed by atoms with E-state index in [0.717, 1.165) is 19.6 Å². The molecule has 0 aliphatic carbocycles. The fourth-order valence-corrected chi connectivity index (χ4v) is 2.91. The van der Waals surface area contributed by atoms with Gasteiger partial charge in [0.2, 0.25) is 0 Å². The lowest BCUT2D eigenvalue weighted by Crippen LogP contribution is -2.52. The predicted molar refractivity (Wildman–Crippen MR) is 95.8 cm³/mol. The van der Waals surface area contributed by atoms with Crippen molar-refractivity contribution in [2.45, 2.75) is 78.5 Å². The Hall–Kier alpha value is -0.810. The minimum absolute atomic E-state index is 0.231. The van der Waals surface area contributed by atoms with E-state index in [1.54, 1.807) is 0 Å². The lowest BCUT2D eigenvalue weighted by Gasteiger charge is -2.38. The molecule has 0 spiro atoms. The number of likely N-dealkylation sites (N-methyl/N-ethyl adjacent to an activating group) is 1. The molecular weight excluding hydrogens is 290 g/mol. The van der Waals surface area contributed by atoms with Crippen LogP contribution in [0.15, 0.2) is 0 Å². The number of hydrogen-bond donors (Lipinski definition) is 1. The highest BCUT2D eigenvalue weighted by atomic mass is 16.6. The SMILES string of the molecule is CCN1CCCC(NCCN(C(=O)OC(C)(C)C)C(C)(C)C)C1. The molecule has 1 aliphatic heterocycles. The van der Waals surface area contributed by atoms with Crippen molar-refractivity contribution < 1.29 is 9.53 Å². The van der Waals surface area contributed by atoms with Gasteiger partial charge >= 0.3 is 6.09 Å². The number of rotatable bonds is 5. The molecule has 1 aliphatic rings. The maximum Gasteiger partial charge on any atom is 0.410 e. The van der Waals surface area contributed by atoms with Crippen LogP contribution in [0.2, 0.25) is 0 Å². The molecule has 1 N–H and O–H groups in total. The molecule has 136 valence electrons. The molecule has 1 amide bonds. The first-order valence-electron chi connectivity index (χ1n) is 8.99. The number of nitrogens with zero attached hydrogens (tertiary/aromatic N) is 2. The summed E-state index contributed by atoms with van der Waals surface area (Å²) < 4.78 is 5.55. The maximum atomic E-state index is 12.5. The fourth-order valence-electron chi connectivity index (χ4n) is 2.91. The number of carbonyl (C=O) groups excluding carboxylic acids is 1. The third-order valence-electron chi connectivity index (χ3n) is 4.14. The Bertz CT molecular complexity index is 371. The summed E-state index contributed by atoms with van der Waals surface area (Å²) in [7, 11) is 0. The molecule has 0 aromatic rings. The first-order chi connectivity index (χ1) is 10.5. The highest BCUT2D eigenvalue weighted by Gasteiger charge is 2.30. The minimum Gasteiger partial charge on any atom is -0.444 e. The number of hydrogen-bond acceptors (Lipinski definition) is 4. The highest BCUT2D eigenvalue weighted by Crippen LogP contribution is 2.18. The number of likely N-dealkylation sites (tertiary alicyclic amines) is 1. The topological polar surface area (TPSA) is 44.8 Å². The summed E-state index contributed by atoms with van der Waals surface area (Å²) in [4.78, 5) is 16.8. The summed E-state index contributed by atoms with van der Waals surface area (Å²) in [6.07, 6.45) is 2.24. The molecule has 0 radical (unpaired) electrons. The molecule has 1 atom stereocenters. The Morgan fingerprint density at radius 2 is 1.91 bits per heavy atom. The van der Waals surface area contributed by atoms with Crippen LogP contribution in [0.4, 0.5) is 4.79 Å². The van der Waals surface area contributed by atoms with Gasteiger partial charge in [0.25, 0.3) is 0 Å². The molecule has 0 saturated carbocycles. The molecule has 1 heterocycles. The maximum absolute atomic E-state index is 12.5. The Kier molecular flexibility index (Phi) is 7.33. The van der Waals surface area contributed by atoms with Gasteiger partial charge < -0.3 is 19.9 Å². The zero-order chi connectivity index (χ0) is 17.7. The number of amides is 1. The largest absolute Gasteiger partial charge is 0.444 e. The standard InChI is InChI=1S/C18H37N3O2/c1-8-20-12-9-10-15(14-20)19-11-13-21(17(2,3)4)16(22)23-18(5,6)7/h15,19H,8-14H2,1-7H3. The normalized spacial score (nSPS) is 20.4. The van der Waals surface area contributed by atoms with E-state index < -0.39 is 5.60 Å². The molecule has 1 unspecified atom stereocenters. The van der Waals surface area contributed by atoms with Gasteiger partial charge in [0.1, 0.15) is 5.60 Å². The third kappa shape index (κ3) is 7.53. The van der Waals surface area contributed by atoms with Crippen molar-refractivity contribution in [1.29, 1.82) is 0 Å². The quantitative estimate of drug-likeness (QED) is 0.843. The summed E-state index contributed by atoms with van der Waals surface area (Å²) >= 11 is 0. The van der Waals surface area contributed by atoms with Crippen LogP contribution in [0.5, 0.6) is 0 Å². The van der Waals surface area contributed by atoms with Crippen molar-refractivity contribution in [3.05, 3.63) is 0 Å². The Morgan fingerprint density at radius 1 is 1.26 bits per heavy atom. The molecule has 1 fully saturated rings. The lowest BCUT2D eigenvalue weighted by molar-refractivity contribution is 0.00628. The Balaban J connectivity index is 2.50. The van der Waals surface area contributed by atoms with Gasteiger partial charge in [-0.05, 0) is 67.5 Å². The molecule has 0 bridgehead atoms. The van der Waals surface area contributed by atoms with Crippen LogP contribution in [0, 0.1) is 0 Å². The van der Waals surface area contributed by atoms with E-state index in [0.29, 0.717) is 12.6 Å². The van der Waals surface area contributed by atoms with Crippen LogP contribution < -0.4 is 5.32 Å². The Morgan fingerprint density at radius 3 is 2.43 bits per heavy atom. The highest BCUT2D eigenvalue weighted by molar-refractivity contribution is 5.69. The van der Waals surface area contributed by atoms with E-state index in [1.807, 2.05) is 25.7 Å². The molecule has 1 saturated heterocycles. The van der Waals surface area contributed by atoms with E-state index in [9.17, 15) is 4.79 Å². The van der Waals surface area contributed by atoms with Crippen molar-refractivity contribution in [2.24, 2.45) is 0 Å². The first kappa shape index (κ1) is 20.2. The molecule has 0 aromatic heterocycles. The minimum atomic E-state index is -0.459. The first-order valence-corrected chi connectivity index (χ1v) is 8.99. The summed E-state index contributed by atoms with van der Waals surface area (Å²) in [6, 6.07) is 0.532. The summed E-state index contributed by atoms with van der Waals surface area (Å²) in [5.41, 5.74) is -0.703. The van der Waals surface area contributed by atoms with E-state index in [-0.39, 0.29) is 11.6 Å². The van der Waals surface area contributed by atoms with Gasteiger partial charge in [-0.3, -0.25) is 0 Å². The lowest BCUT2D eigenvalue weighted by atomic mass is 10.1. The van der Waals surface area contributed by atoms with Crippen LogP contribution in [0.3, 0.4) is 0 Å². The number of ether oxygens (including phenoxy) is 1. The van der Waals surface area contributed by atoms with Crippen LogP contribution in [-0.2, 0) is 4.74 Å². The van der Waals surface area contributed by atoms with Gasteiger partial charge in [-0.2, -0.15) is 0 Å². The van der Waals surface area contributed by atoms with Crippen molar-refractivity contribution in [3.8, 4) is 0 Å².